The monoisotopic (exact) mass is 195 g/mol. The highest BCUT2D eigenvalue weighted by Gasteiger charge is 2.32. The molecule has 2 aliphatic rings. The van der Waals surface area contributed by atoms with Crippen molar-refractivity contribution in [2.75, 3.05) is 26.7 Å². The lowest BCUT2D eigenvalue weighted by molar-refractivity contribution is 0.282. The molecular weight excluding hydrogens is 174 g/mol. The molecule has 0 aromatic heterocycles. The Hall–Kier alpha value is -0.730. The summed E-state index contributed by atoms with van der Waals surface area (Å²) in [6.07, 6.45) is 2.67. The minimum absolute atomic E-state index is 0.717. The fraction of sp³-hybridized carbons (Fsp3) is 0.909. The molecule has 0 aromatic carbocycles. The van der Waals surface area contributed by atoms with Crippen LogP contribution in [0, 0.1) is 5.92 Å². The maximum absolute atomic E-state index is 4.60. The Morgan fingerprint density at radius 1 is 1.36 bits per heavy atom. The predicted molar refractivity (Wildman–Crippen MR) is 59.5 cm³/mol. The van der Waals surface area contributed by atoms with E-state index in [4.69, 9.17) is 0 Å². The first-order valence-corrected chi connectivity index (χ1v) is 5.72. The molecule has 2 heterocycles. The highest BCUT2D eigenvalue weighted by molar-refractivity contribution is 5.81. The van der Waals surface area contributed by atoms with E-state index in [0.29, 0.717) is 6.04 Å². The average Bonchev–Trinajstić information content (AvgIpc) is 2.70. The van der Waals surface area contributed by atoms with Crippen LogP contribution in [0.25, 0.3) is 0 Å². The summed E-state index contributed by atoms with van der Waals surface area (Å²) in [4.78, 5) is 9.40. The van der Waals surface area contributed by atoms with E-state index in [1.54, 1.807) is 0 Å². The summed E-state index contributed by atoms with van der Waals surface area (Å²) in [7, 11) is 2.15. The number of likely N-dealkylation sites (tertiary alicyclic amines) is 1. The molecule has 1 unspecified atom stereocenters. The largest absolute Gasteiger partial charge is 0.344 e. The van der Waals surface area contributed by atoms with E-state index in [0.717, 1.165) is 19.0 Å². The lowest BCUT2D eigenvalue weighted by Gasteiger charge is -2.32. The molecule has 14 heavy (non-hydrogen) atoms. The first-order valence-electron chi connectivity index (χ1n) is 5.72. The van der Waals surface area contributed by atoms with Crippen LogP contribution in [0.5, 0.6) is 0 Å². The summed E-state index contributed by atoms with van der Waals surface area (Å²) in [6, 6.07) is 0.717. The number of hydrogen-bond acceptors (Lipinski definition) is 3. The Morgan fingerprint density at radius 2 is 2.14 bits per heavy atom. The molecule has 0 amide bonds. The molecule has 3 nitrogen and oxygen atoms in total. The SMILES string of the molecule is CC(C)C1CCCN1C1=NCCN1C. The maximum Gasteiger partial charge on any atom is 0.196 e. The van der Waals surface area contributed by atoms with Gasteiger partial charge in [0.1, 0.15) is 0 Å². The van der Waals surface area contributed by atoms with Gasteiger partial charge in [-0.2, -0.15) is 0 Å². The zero-order valence-corrected chi connectivity index (χ0v) is 9.53. The van der Waals surface area contributed by atoms with E-state index in [9.17, 15) is 0 Å². The van der Waals surface area contributed by atoms with Crippen molar-refractivity contribution in [2.24, 2.45) is 10.9 Å². The molecule has 0 spiro atoms. The van der Waals surface area contributed by atoms with Gasteiger partial charge < -0.3 is 9.80 Å². The Morgan fingerprint density at radius 3 is 2.71 bits per heavy atom. The van der Waals surface area contributed by atoms with Crippen LogP contribution in [0.15, 0.2) is 4.99 Å². The van der Waals surface area contributed by atoms with Gasteiger partial charge in [-0.05, 0) is 18.8 Å². The van der Waals surface area contributed by atoms with Gasteiger partial charge in [-0.3, -0.25) is 4.99 Å². The van der Waals surface area contributed by atoms with Gasteiger partial charge >= 0.3 is 0 Å². The zero-order chi connectivity index (χ0) is 10.1. The molecule has 3 heteroatoms. The Bertz CT molecular complexity index is 235. The molecule has 0 aliphatic carbocycles. The predicted octanol–water partition coefficient (Wildman–Crippen LogP) is 1.41. The molecule has 1 atom stereocenters. The van der Waals surface area contributed by atoms with Gasteiger partial charge in [0.25, 0.3) is 0 Å². The van der Waals surface area contributed by atoms with E-state index in [1.807, 2.05) is 0 Å². The molecule has 0 saturated carbocycles. The van der Waals surface area contributed by atoms with Crippen LogP contribution in [0.4, 0.5) is 0 Å². The van der Waals surface area contributed by atoms with Crippen molar-refractivity contribution in [3.05, 3.63) is 0 Å². The molecule has 0 aromatic rings. The summed E-state index contributed by atoms with van der Waals surface area (Å²) < 4.78 is 0. The zero-order valence-electron chi connectivity index (χ0n) is 9.53. The first kappa shape index (κ1) is 9.81. The van der Waals surface area contributed by atoms with Gasteiger partial charge in [0.15, 0.2) is 5.96 Å². The number of nitrogens with zero attached hydrogens (tertiary/aromatic N) is 3. The van der Waals surface area contributed by atoms with Crippen LogP contribution >= 0.6 is 0 Å². The second kappa shape index (κ2) is 3.79. The molecule has 0 N–H and O–H groups in total. The van der Waals surface area contributed by atoms with Gasteiger partial charge in [-0.25, -0.2) is 0 Å². The van der Waals surface area contributed by atoms with Gasteiger partial charge in [-0.1, -0.05) is 13.8 Å². The molecule has 1 saturated heterocycles. The smallest absolute Gasteiger partial charge is 0.196 e. The fourth-order valence-electron chi connectivity index (χ4n) is 2.56. The topological polar surface area (TPSA) is 18.8 Å². The summed E-state index contributed by atoms with van der Waals surface area (Å²) in [5, 5.41) is 0. The second-order valence-electron chi connectivity index (χ2n) is 4.75. The van der Waals surface area contributed by atoms with Crippen molar-refractivity contribution in [1.82, 2.24) is 9.80 Å². The molecule has 0 bridgehead atoms. The van der Waals surface area contributed by atoms with Gasteiger partial charge in [0.2, 0.25) is 0 Å². The number of likely N-dealkylation sites (N-methyl/N-ethyl adjacent to an activating group) is 1. The maximum atomic E-state index is 4.60. The van der Waals surface area contributed by atoms with Crippen LogP contribution in [0.2, 0.25) is 0 Å². The van der Waals surface area contributed by atoms with E-state index in [2.05, 4.69) is 35.7 Å². The highest BCUT2D eigenvalue weighted by Crippen LogP contribution is 2.25. The Labute approximate surface area is 86.8 Å². The molecule has 2 aliphatic heterocycles. The van der Waals surface area contributed by atoms with Crippen LogP contribution in [-0.4, -0.2) is 48.5 Å². The van der Waals surface area contributed by atoms with Crippen molar-refractivity contribution in [3.63, 3.8) is 0 Å². The van der Waals surface area contributed by atoms with Crippen LogP contribution in [0.3, 0.4) is 0 Å². The Balaban J connectivity index is 2.09. The molecule has 80 valence electrons. The molecular formula is C11H21N3. The first-order chi connectivity index (χ1) is 6.70. The molecule has 0 radical (unpaired) electrons. The van der Waals surface area contributed by atoms with Crippen molar-refractivity contribution in [2.45, 2.75) is 32.7 Å². The van der Waals surface area contributed by atoms with Gasteiger partial charge in [0, 0.05) is 26.2 Å². The number of guanidine groups is 1. The van der Waals surface area contributed by atoms with E-state index in [1.165, 1.54) is 25.3 Å². The molecule has 2 rings (SSSR count). The van der Waals surface area contributed by atoms with Crippen molar-refractivity contribution < 1.29 is 0 Å². The minimum Gasteiger partial charge on any atom is -0.344 e. The number of hydrogen-bond donors (Lipinski definition) is 0. The third-order valence-corrected chi connectivity index (χ3v) is 3.36. The average molecular weight is 195 g/mol. The number of aliphatic imine (C=N–C) groups is 1. The summed E-state index contributed by atoms with van der Waals surface area (Å²) in [5.74, 6) is 1.98. The lowest BCUT2D eigenvalue weighted by atomic mass is 10.0. The van der Waals surface area contributed by atoms with E-state index >= 15 is 0 Å². The lowest BCUT2D eigenvalue weighted by Crippen LogP contribution is -2.44. The van der Waals surface area contributed by atoms with Crippen LogP contribution in [-0.2, 0) is 0 Å². The minimum atomic E-state index is 0.717. The van der Waals surface area contributed by atoms with E-state index < -0.39 is 0 Å². The normalized spacial score (nSPS) is 27.7. The summed E-state index contributed by atoms with van der Waals surface area (Å²) in [5.41, 5.74) is 0. The quantitative estimate of drug-likeness (QED) is 0.630. The molecule has 1 fully saturated rings. The van der Waals surface area contributed by atoms with Gasteiger partial charge in [-0.15, -0.1) is 0 Å². The van der Waals surface area contributed by atoms with Crippen molar-refractivity contribution in [1.29, 1.82) is 0 Å². The Kier molecular flexibility index (Phi) is 2.66. The fourth-order valence-corrected chi connectivity index (χ4v) is 2.56. The van der Waals surface area contributed by atoms with Crippen molar-refractivity contribution >= 4 is 5.96 Å². The van der Waals surface area contributed by atoms with Crippen LogP contribution in [0.1, 0.15) is 26.7 Å². The van der Waals surface area contributed by atoms with Gasteiger partial charge in [0.05, 0.1) is 6.54 Å². The standard InChI is InChI=1S/C11H21N3/c1-9(2)10-5-4-7-14(10)11-12-6-8-13(11)3/h9-10H,4-8H2,1-3H3. The van der Waals surface area contributed by atoms with Crippen molar-refractivity contribution in [3.8, 4) is 0 Å². The van der Waals surface area contributed by atoms with Crippen LogP contribution < -0.4 is 0 Å². The third-order valence-electron chi connectivity index (χ3n) is 3.36. The summed E-state index contributed by atoms with van der Waals surface area (Å²) >= 11 is 0. The highest BCUT2D eigenvalue weighted by atomic mass is 15.4. The number of rotatable bonds is 1. The summed E-state index contributed by atoms with van der Waals surface area (Å²) in [6.45, 7) is 7.91. The van der Waals surface area contributed by atoms with E-state index in [-0.39, 0.29) is 0 Å². The third kappa shape index (κ3) is 1.60. The second-order valence-corrected chi connectivity index (χ2v) is 4.75.